The number of ketones is 1. The van der Waals surface area contributed by atoms with Crippen LogP contribution in [0.1, 0.15) is 55.3 Å². The maximum atomic E-state index is 14.0. The van der Waals surface area contributed by atoms with E-state index in [2.05, 4.69) is 53.1 Å². The number of benzene rings is 4. The van der Waals surface area contributed by atoms with Gasteiger partial charge in [-0.15, -0.1) is 0 Å². The zero-order chi connectivity index (χ0) is 27.5. The summed E-state index contributed by atoms with van der Waals surface area (Å²) in [6.45, 7) is 4.50. The van der Waals surface area contributed by atoms with Gasteiger partial charge in [-0.1, -0.05) is 72.8 Å². The van der Waals surface area contributed by atoms with Gasteiger partial charge in [0.25, 0.3) is 0 Å². The Hall–Kier alpha value is -4.51. The number of anilines is 2. The van der Waals surface area contributed by atoms with Crippen molar-refractivity contribution in [2.75, 3.05) is 10.6 Å². The second-order valence-electron chi connectivity index (χ2n) is 10.7. The second kappa shape index (κ2) is 11.3. The summed E-state index contributed by atoms with van der Waals surface area (Å²) in [6, 6.07) is 34.2. The minimum absolute atomic E-state index is 0.0855. The van der Waals surface area contributed by atoms with Gasteiger partial charge in [0.1, 0.15) is 18.1 Å². The Morgan fingerprint density at radius 1 is 0.800 bits per heavy atom. The van der Waals surface area contributed by atoms with Gasteiger partial charge in [-0.2, -0.15) is 0 Å². The zero-order valence-electron chi connectivity index (χ0n) is 22.9. The van der Waals surface area contributed by atoms with Gasteiger partial charge in [0, 0.05) is 23.3 Å². The summed E-state index contributed by atoms with van der Waals surface area (Å²) in [4.78, 5) is 14.0. The molecule has 4 aromatic carbocycles. The fraction of sp³-hybridized carbons (Fsp3) is 0.229. The lowest BCUT2D eigenvalue weighted by molar-refractivity contribution is -0.116. The number of allylic oxidation sites excluding steroid dienone is 1. The highest BCUT2D eigenvalue weighted by Crippen LogP contribution is 2.46. The molecule has 6 rings (SSSR count). The zero-order valence-corrected chi connectivity index (χ0v) is 22.9. The smallest absolute Gasteiger partial charge is 0.163 e. The summed E-state index contributed by atoms with van der Waals surface area (Å²) in [5.41, 5.74) is 6.86. The third-order valence-electron chi connectivity index (χ3n) is 7.50. The normalized spacial score (nSPS) is 18.2. The number of para-hydroxylation sites is 3. The molecule has 0 fully saturated rings. The molecule has 0 amide bonds. The van der Waals surface area contributed by atoms with Crippen molar-refractivity contribution in [3.05, 3.63) is 131 Å². The molecule has 1 aliphatic heterocycles. The van der Waals surface area contributed by atoms with Crippen LogP contribution >= 0.6 is 0 Å². The van der Waals surface area contributed by atoms with Crippen molar-refractivity contribution < 1.29 is 14.3 Å². The van der Waals surface area contributed by atoms with E-state index < -0.39 is 0 Å². The van der Waals surface area contributed by atoms with Crippen LogP contribution in [-0.4, -0.2) is 11.9 Å². The van der Waals surface area contributed by atoms with Crippen LogP contribution in [0.4, 0.5) is 11.4 Å². The molecule has 4 aromatic rings. The number of rotatable bonds is 7. The molecular formula is C35H34N2O3. The Kier molecular flexibility index (Phi) is 7.28. The molecule has 202 valence electrons. The fourth-order valence-electron chi connectivity index (χ4n) is 5.64. The van der Waals surface area contributed by atoms with Crippen LogP contribution in [0, 0.1) is 0 Å². The second-order valence-corrected chi connectivity index (χ2v) is 10.7. The molecule has 2 unspecified atom stereocenters. The molecule has 0 bridgehead atoms. The molecule has 0 saturated carbocycles. The van der Waals surface area contributed by atoms with Crippen molar-refractivity contribution in [1.29, 1.82) is 0 Å². The van der Waals surface area contributed by atoms with Crippen LogP contribution in [0.3, 0.4) is 0 Å². The molecule has 0 aromatic heterocycles. The first kappa shape index (κ1) is 25.8. The van der Waals surface area contributed by atoms with Gasteiger partial charge in [0.2, 0.25) is 0 Å². The van der Waals surface area contributed by atoms with Crippen molar-refractivity contribution >= 4 is 17.2 Å². The molecule has 2 aliphatic rings. The number of Topliss-reactive ketones (excluding diaryl/α,β-unsaturated/α-hetero) is 1. The van der Waals surface area contributed by atoms with Gasteiger partial charge in [-0.3, -0.25) is 4.79 Å². The van der Waals surface area contributed by atoms with E-state index >= 15 is 0 Å². The van der Waals surface area contributed by atoms with Gasteiger partial charge in [-0.05, 0) is 67.6 Å². The van der Waals surface area contributed by atoms with E-state index in [-0.39, 0.29) is 23.8 Å². The summed E-state index contributed by atoms with van der Waals surface area (Å²) in [7, 11) is 0. The molecule has 5 heteroatoms. The summed E-state index contributed by atoms with van der Waals surface area (Å²) >= 11 is 0. The monoisotopic (exact) mass is 530 g/mol. The quantitative estimate of drug-likeness (QED) is 0.253. The van der Waals surface area contributed by atoms with Crippen molar-refractivity contribution in [3.63, 3.8) is 0 Å². The average Bonchev–Trinajstić information content (AvgIpc) is 3.14. The van der Waals surface area contributed by atoms with Crippen LogP contribution in [0.2, 0.25) is 0 Å². The lowest BCUT2D eigenvalue weighted by atomic mass is 9.78. The molecule has 0 saturated heterocycles. The van der Waals surface area contributed by atoms with Crippen molar-refractivity contribution in [3.8, 4) is 11.5 Å². The van der Waals surface area contributed by atoms with E-state index in [1.807, 2.05) is 74.5 Å². The highest BCUT2D eigenvalue weighted by atomic mass is 16.5. The van der Waals surface area contributed by atoms with Gasteiger partial charge >= 0.3 is 0 Å². The highest BCUT2D eigenvalue weighted by Gasteiger charge is 2.37. The molecule has 0 radical (unpaired) electrons. The average molecular weight is 531 g/mol. The van der Waals surface area contributed by atoms with E-state index in [0.29, 0.717) is 13.0 Å². The molecule has 2 N–H and O–H groups in total. The summed E-state index contributed by atoms with van der Waals surface area (Å²) in [5.74, 6) is 1.84. The van der Waals surface area contributed by atoms with E-state index in [0.717, 1.165) is 57.3 Å². The summed E-state index contributed by atoms with van der Waals surface area (Å²) < 4.78 is 12.2. The molecular weight excluding hydrogens is 496 g/mol. The van der Waals surface area contributed by atoms with Crippen LogP contribution in [-0.2, 0) is 11.4 Å². The molecule has 1 aliphatic carbocycles. The SMILES string of the molecule is CC(C)Oc1ccc(C2CC(=O)C3=C(C2)Nc2ccccc2NC3c2ccccc2OCc2ccccc2)cc1. The maximum Gasteiger partial charge on any atom is 0.163 e. The Balaban J connectivity index is 1.35. The predicted octanol–water partition coefficient (Wildman–Crippen LogP) is 8.03. The predicted molar refractivity (Wildman–Crippen MR) is 160 cm³/mol. The third kappa shape index (κ3) is 5.46. The number of fused-ring (bicyclic) bond motifs is 1. The number of carbonyl (C=O) groups excluding carboxylic acids is 1. The maximum absolute atomic E-state index is 14.0. The summed E-state index contributed by atoms with van der Waals surface area (Å²) in [5, 5.41) is 7.32. The van der Waals surface area contributed by atoms with E-state index in [1.165, 1.54) is 0 Å². The molecule has 2 atom stereocenters. The van der Waals surface area contributed by atoms with Gasteiger partial charge in [0.15, 0.2) is 5.78 Å². The number of hydrogen-bond acceptors (Lipinski definition) is 5. The lowest BCUT2D eigenvalue weighted by Gasteiger charge is -2.30. The van der Waals surface area contributed by atoms with E-state index in [1.54, 1.807) is 0 Å². The number of hydrogen-bond donors (Lipinski definition) is 2. The minimum Gasteiger partial charge on any atom is -0.491 e. The largest absolute Gasteiger partial charge is 0.491 e. The molecule has 5 nitrogen and oxygen atoms in total. The van der Waals surface area contributed by atoms with Crippen LogP contribution in [0.5, 0.6) is 11.5 Å². The van der Waals surface area contributed by atoms with Crippen molar-refractivity contribution in [2.24, 2.45) is 0 Å². The van der Waals surface area contributed by atoms with Gasteiger partial charge in [0.05, 0.1) is 23.5 Å². The minimum atomic E-state index is -0.339. The number of ether oxygens (including phenoxy) is 2. The highest BCUT2D eigenvalue weighted by molar-refractivity contribution is 6.01. The fourth-order valence-corrected chi connectivity index (χ4v) is 5.64. The molecule has 40 heavy (non-hydrogen) atoms. The lowest BCUT2D eigenvalue weighted by Crippen LogP contribution is -2.27. The molecule has 1 heterocycles. The van der Waals surface area contributed by atoms with Crippen LogP contribution < -0.4 is 20.1 Å². The number of nitrogens with one attached hydrogen (secondary N) is 2. The third-order valence-corrected chi connectivity index (χ3v) is 7.50. The van der Waals surface area contributed by atoms with Crippen LogP contribution in [0.15, 0.2) is 114 Å². The van der Waals surface area contributed by atoms with E-state index in [4.69, 9.17) is 9.47 Å². The van der Waals surface area contributed by atoms with Crippen LogP contribution in [0.25, 0.3) is 0 Å². The Bertz CT molecular complexity index is 1530. The topological polar surface area (TPSA) is 59.6 Å². The Morgan fingerprint density at radius 2 is 1.50 bits per heavy atom. The van der Waals surface area contributed by atoms with Crippen molar-refractivity contribution in [1.82, 2.24) is 0 Å². The van der Waals surface area contributed by atoms with Gasteiger partial charge < -0.3 is 20.1 Å². The first-order valence-corrected chi connectivity index (χ1v) is 14.0. The van der Waals surface area contributed by atoms with E-state index in [9.17, 15) is 4.79 Å². The van der Waals surface area contributed by atoms with Crippen molar-refractivity contribution in [2.45, 2.75) is 51.4 Å². The standard InChI is InChI=1S/C35H34N2O3/c1-23(2)40-27-18-16-25(17-19-27)26-20-31-34(32(38)21-26)35(37-30-14-8-7-13-29(30)36-31)28-12-6-9-15-33(28)39-22-24-10-4-3-5-11-24/h3-19,23,26,35-37H,20-22H2,1-2H3. The molecule has 0 spiro atoms. The Labute approximate surface area is 235 Å². The first-order valence-electron chi connectivity index (χ1n) is 14.0. The Morgan fingerprint density at radius 3 is 2.27 bits per heavy atom. The first-order chi connectivity index (χ1) is 19.5. The number of carbonyl (C=O) groups is 1. The summed E-state index contributed by atoms with van der Waals surface area (Å²) in [6.07, 6.45) is 1.31. The van der Waals surface area contributed by atoms with Gasteiger partial charge in [-0.25, -0.2) is 0 Å².